The van der Waals surface area contributed by atoms with Crippen molar-refractivity contribution in [1.82, 2.24) is 5.32 Å². The lowest BCUT2D eigenvalue weighted by molar-refractivity contribution is -0.122. The summed E-state index contributed by atoms with van der Waals surface area (Å²) in [6.07, 6.45) is 3.15. The maximum Gasteiger partial charge on any atom is 0.237 e. The Morgan fingerprint density at radius 3 is 2.57 bits per heavy atom. The van der Waals surface area contributed by atoms with Gasteiger partial charge in [-0.25, -0.2) is 0 Å². The monoisotopic (exact) mass is 198 g/mol. The normalized spacial score (nSPS) is 13.4. The SMILES string of the molecule is C=CCC(N)C(=O)NCCC(C)(C)C. The van der Waals surface area contributed by atoms with Crippen LogP contribution in [0.4, 0.5) is 0 Å². The molecular formula is C11H22N2O. The van der Waals surface area contributed by atoms with E-state index in [-0.39, 0.29) is 11.3 Å². The Balaban J connectivity index is 3.69. The molecule has 0 aromatic rings. The maximum atomic E-state index is 11.3. The molecule has 0 aromatic heterocycles. The van der Waals surface area contributed by atoms with Crippen LogP contribution >= 0.6 is 0 Å². The predicted molar refractivity (Wildman–Crippen MR) is 59.9 cm³/mol. The minimum Gasteiger partial charge on any atom is -0.355 e. The standard InChI is InChI=1S/C11H22N2O/c1-5-6-9(12)10(14)13-8-7-11(2,3)4/h5,9H,1,6-8,12H2,2-4H3,(H,13,14). The number of hydrogen-bond acceptors (Lipinski definition) is 2. The van der Waals surface area contributed by atoms with Gasteiger partial charge in [0.05, 0.1) is 6.04 Å². The molecule has 0 aromatic carbocycles. The summed E-state index contributed by atoms with van der Waals surface area (Å²) in [6.45, 7) is 10.7. The van der Waals surface area contributed by atoms with Crippen molar-refractivity contribution in [3.63, 3.8) is 0 Å². The highest BCUT2D eigenvalue weighted by molar-refractivity contribution is 5.81. The molecule has 0 heterocycles. The van der Waals surface area contributed by atoms with Crippen LogP contribution < -0.4 is 11.1 Å². The van der Waals surface area contributed by atoms with Crippen molar-refractivity contribution < 1.29 is 4.79 Å². The lowest BCUT2D eigenvalue weighted by Crippen LogP contribution is -2.41. The summed E-state index contributed by atoms with van der Waals surface area (Å²) in [4.78, 5) is 11.3. The Kier molecular flexibility index (Phi) is 5.46. The zero-order chi connectivity index (χ0) is 11.2. The first-order valence-electron chi connectivity index (χ1n) is 5.01. The summed E-state index contributed by atoms with van der Waals surface area (Å²) in [5.74, 6) is -0.0887. The number of carbonyl (C=O) groups is 1. The second kappa shape index (κ2) is 5.81. The van der Waals surface area contributed by atoms with E-state index in [4.69, 9.17) is 5.73 Å². The van der Waals surface area contributed by atoms with E-state index in [9.17, 15) is 4.79 Å². The summed E-state index contributed by atoms with van der Waals surface area (Å²) in [5, 5.41) is 2.81. The van der Waals surface area contributed by atoms with Crippen molar-refractivity contribution in [2.75, 3.05) is 6.54 Å². The molecule has 0 bridgehead atoms. The van der Waals surface area contributed by atoms with Crippen LogP contribution in [0.5, 0.6) is 0 Å². The third-order valence-corrected chi connectivity index (χ3v) is 1.93. The highest BCUT2D eigenvalue weighted by Crippen LogP contribution is 2.16. The molecule has 82 valence electrons. The first-order valence-corrected chi connectivity index (χ1v) is 5.01. The van der Waals surface area contributed by atoms with Crippen molar-refractivity contribution >= 4 is 5.91 Å². The zero-order valence-corrected chi connectivity index (χ0v) is 9.47. The molecule has 0 radical (unpaired) electrons. The lowest BCUT2D eigenvalue weighted by atomic mass is 9.92. The molecule has 3 nitrogen and oxygen atoms in total. The topological polar surface area (TPSA) is 55.1 Å². The molecule has 0 aliphatic carbocycles. The van der Waals surface area contributed by atoms with E-state index in [1.54, 1.807) is 6.08 Å². The first kappa shape index (κ1) is 13.2. The van der Waals surface area contributed by atoms with Crippen LogP contribution in [0.3, 0.4) is 0 Å². The summed E-state index contributed by atoms with van der Waals surface area (Å²) >= 11 is 0. The molecule has 3 N–H and O–H groups in total. The summed E-state index contributed by atoms with van der Waals surface area (Å²) in [5.41, 5.74) is 5.84. The lowest BCUT2D eigenvalue weighted by Gasteiger charge is -2.18. The molecule has 3 heteroatoms. The van der Waals surface area contributed by atoms with Gasteiger partial charge in [0.25, 0.3) is 0 Å². The Hall–Kier alpha value is -0.830. The summed E-state index contributed by atoms with van der Waals surface area (Å²) in [7, 11) is 0. The molecule has 1 unspecified atom stereocenters. The molecule has 0 saturated carbocycles. The van der Waals surface area contributed by atoms with Gasteiger partial charge in [0.2, 0.25) is 5.91 Å². The van der Waals surface area contributed by atoms with E-state index in [0.717, 1.165) is 6.42 Å². The van der Waals surface area contributed by atoms with E-state index < -0.39 is 6.04 Å². The van der Waals surface area contributed by atoms with E-state index in [1.165, 1.54) is 0 Å². The van der Waals surface area contributed by atoms with Gasteiger partial charge in [0.1, 0.15) is 0 Å². The Morgan fingerprint density at radius 2 is 2.14 bits per heavy atom. The first-order chi connectivity index (χ1) is 6.37. The Labute approximate surface area is 86.8 Å². The minimum absolute atomic E-state index is 0.0887. The van der Waals surface area contributed by atoms with Gasteiger partial charge in [0, 0.05) is 6.54 Å². The van der Waals surface area contributed by atoms with Crippen LogP contribution in [-0.4, -0.2) is 18.5 Å². The van der Waals surface area contributed by atoms with Gasteiger partial charge in [0.15, 0.2) is 0 Å². The van der Waals surface area contributed by atoms with Gasteiger partial charge >= 0.3 is 0 Å². The predicted octanol–water partition coefficient (Wildman–Crippen LogP) is 1.44. The van der Waals surface area contributed by atoms with Crippen LogP contribution in [0.15, 0.2) is 12.7 Å². The molecular weight excluding hydrogens is 176 g/mol. The van der Waals surface area contributed by atoms with Gasteiger partial charge in [-0.3, -0.25) is 4.79 Å². The van der Waals surface area contributed by atoms with E-state index in [1.807, 2.05) is 0 Å². The van der Waals surface area contributed by atoms with Crippen molar-refractivity contribution in [2.24, 2.45) is 11.1 Å². The Bertz CT molecular complexity index is 194. The second-order valence-electron chi connectivity index (χ2n) is 4.73. The molecule has 14 heavy (non-hydrogen) atoms. The average molecular weight is 198 g/mol. The number of carbonyl (C=O) groups excluding carboxylic acids is 1. The molecule has 0 fully saturated rings. The van der Waals surface area contributed by atoms with Crippen LogP contribution in [0, 0.1) is 5.41 Å². The van der Waals surface area contributed by atoms with Crippen LogP contribution in [0.1, 0.15) is 33.6 Å². The van der Waals surface area contributed by atoms with Crippen molar-refractivity contribution in [2.45, 2.75) is 39.7 Å². The van der Waals surface area contributed by atoms with Crippen LogP contribution in [0.2, 0.25) is 0 Å². The number of hydrogen-bond donors (Lipinski definition) is 2. The fourth-order valence-corrected chi connectivity index (χ4v) is 0.978. The molecule has 0 rings (SSSR count). The molecule has 0 aliphatic rings. The molecule has 0 saturated heterocycles. The maximum absolute atomic E-state index is 11.3. The minimum atomic E-state index is -0.451. The fraction of sp³-hybridized carbons (Fsp3) is 0.727. The average Bonchev–Trinajstić information content (AvgIpc) is 2.02. The van der Waals surface area contributed by atoms with Gasteiger partial charge in [-0.2, -0.15) is 0 Å². The van der Waals surface area contributed by atoms with Crippen LogP contribution in [-0.2, 0) is 4.79 Å². The van der Waals surface area contributed by atoms with Gasteiger partial charge in [-0.05, 0) is 18.3 Å². The number of rotatable bonds is 5. The highest BCUT2D eigenvalue weighted by Gasteiger charge is 2.13. The van der Waals surface area contributed by atoms with Gasteiger partial charge in [-0.1, -0.05) is 26.8 Å². The van der Waals surface area contributed by atoms with Crippen molar-refractivity contribution in [3.05, 3.63) is 12.7 Å². The quantitative estimate of drug-likeness (QED) is 0.657. The zero-order valence-electron chi connectivity index (χ0n) is 9.47. The number of nitrogens with one attached hydrogen (secondary N) is 1. The summed E-state index contributed by atoms with van der Waals surface area (Å²) < 4.78 is 0. The molecule has 0 spiro atoms. The van der Waals surface area contributed by atoms with E-state index >= 15 is 0 Å². The fourth-order valence-electron chi connectivity index (χ4n) is 0.978. The smallest absolute Gasteiger partial charge is 0.237 e. The van der Waals surface area contributed by atoms with Gasteiger partial charge < -0.3 is 11.1 Å². The van der Waals surface area contributed by atoms with Crippen molar-refractivity contribution in [3.8, 4) is 0 Å². The van der Waals surface area contributed by atoms with Gasteiger partial charge in [-0.15, -0.1) is 6.58 Å². The highest BCUT2D eigenvalue weighted by atomic mass is 16.2. The van der Waals surface area contributed by atoms with Crippen LogP contribution in [0.25, 0.3) is 0 Å². The van der Waals surface area contributed by atoms with Crippen molar-refractivity contribution in [1.29, 1.82) is 0 Å². The van der Waals surface area contributed by atoms with E-state index in [0.29, 0.717) is 13.0 Å². The third-order valence-electron chi connectivity index (χ3n) is 1.93. The molecule has 0 aliphatic heterocycles. The van der Waals surface area contributed by atoms with E-state index in [2.05, 4.69) is 32.7 Å². The number of amides is 1. The summed E-state index contributed by atoms with van der Waals surface area (Å²) in [6, 6.07) is -0.451. The molecule has 1 atom stereocenters. The number of nitrogens with two attached hydrogens (primary N) is 1. The third kappa shape index (κ3) is 6.66. The molecule has 1 amide bonds. The Morgan fingerprint density at radius 1 is 1.57 bits per heavy atom. The second-order valence-corrected chi connectivity index (χ2v) is 4.73. The largest absolute Gasteiger partial charge is 0.355 e.